The predicted molar refractivity (Wildman–Crippen MR) is 57.6 cm³/mol. The quantitative estimate of drug-likeness (QED) is 0.670. The largest absolute Gasteiger partial charge is 0.296 e. The molecular formula is C9H8Cl2O2S. The Labute approximate surface area is 96.0 Å². The van der Waals surface area contributed by atoms with Crippen molar-refractivity contribution in [2.75, 3.05) is 6.26 Å². The molecule has 0 heterocycles. The molecule has 0 radical (unpaired) electrons. The number of rotatable bonds is 1. The van der Waals surface area contributed by atoms with E-state index in [1.807, 2.05) is 0 Å². The van der Waals surface area contributed by atoms with E-state index in [0.717, 1.165) is 11.8 Å². The minimum absolute atomic E-state index is 0.0466. The fourth-order valence-corrected chi connectivity index (χ4v) is 3.15. The second-order valence-electron chi connectivity index (χ2n) is 3.46. The van der Waals surface area contributed by atoms with Gasteiger partial charge in [0.2, 0.25) is 5.12 Å². The lowest BCUT2D eigenvalue weighted by Gasteiger charge is -2.42. The first-order valence-electron chi connectivity index (χ1n) is 4.20. The fraction of sp³-hybridized carbons (Fsp3) is 0.556. The molecule has 1 fully saturated rings. The van der Waals surface area contributed by atoms with Crippen LogP contribution in [0.5, 0.6) is 0 Å². The van der Waals surface area contributed by atoms with Crippen LogP contribution in [-0.2, 0) is 9.59 Å². The zero-order valence-electron chi connectivity index (χ0n) is 7.42. The van der Waals surface area contributed by atoms with Gasteiger partial charge in [-0.25, -0.2) is 0 Å². The summed E-state index contributed by atoms with van der Waals surface area (Å²) >= 11 is 12.8. The van der Waals surface area contributed by atoms with Gasteiger partial charge in [0, 0.05) is 11.5 Å². The van der Waals surface area contributed by atoms with Gasteiger partial charge >= 0.3 is 0 Å². The molecule has 0 aliphatic heterocycles. The van der Waals surface area contributed by atoms with Gasteiger partial charge in [-0.05, 0) is 12.7 Å². The zero-order valence-corrected chi connectivity index (χ0v) is 9.75. The van der Waals surface area contributed by atoms with Crippen molar-refractivity contribution >= 4 is 45.9 Å². The molecule has 2 rings (SSSR count). The number of allylic oxidation sites excluding steroid dienone is 1. The highest BCUT2D eigenvalue weighted by molar-refractivity contribution is 8.13. The summed E-state index contributed by atoms with van der Waals surface area (Å²) in [4.78, 5) is 22.9. The Balaban J connectivity index is 2.22. The molecular weight excluding hydrogens is 243 g/mol. The Morgan fingerprint density at radius 3 is 2.86 bits per heavy atom. The number of ketones is 1. The molecule has 2 aliphatic rings. The number of hydrogen-bond acceptors (Lipinski definition) is 3. The van der Waals surface area contributed by atoms with Gasteiger partial charge in [-0.1, -0.05) is 41.0 Å². The van der Waals surface area contributed by atoms with Crippen molar-refractivity contribution in [3.63, 3.8) is 0 Å². The number of halogens is 2. The van der Waals surface area contributed by atoms with E-state index in [1.165, 1.54) is 0 Å². The van der Waals surface area contributed by atoms with Gasteiger partial charge in [0.15, 0.2) is 10.1 Å². The molecule has 1 saturated carbocycles. The SMILES string of the molecule is CSC(=O)C1=CC[C@@H]2[C@H]1C(=O)C2(Cl)Cl. The molecule has 2 atom stereocenters. The van der Waals surface area contributed by atoms with Gasteiger partial charge < -0.3 is 0 Å². The first kappa shape index (κ1) is 10.5. The number of fused-ring (bicyclic) bond motifs is 1. The number of carbonyl (C=O) groups excluding carboxylic acids is 2. The molecule has 14 heavy (non-hydrogen) atoms. The molecule has 0 spiro atoms. The average Bonchev–Trinajstić information content (AvgIpc) is 2.58. The molecule has 76 valence electrons. The Kier molecular flexibility index (Phi) is 2.45. The van der Waals surface area contributed by atoms with Crippen LogP contribution in [0.4, 0.5) is 0 Å². The van der Waals surface area contributed by atoms with Crippen molar-refractivity contribution in [2.45, 2.75) is 10.8 Å². The Morgan fingerprint density at radius 2 is 2.29 bits per heavy atom. The van der Waals surface area contributed by atoms with Crippen molar-refractivity contribution in [3.8, 4) is 0 Å². The fourth-order valence-electron chi connectivity index (χ4n) is 2.04. The van der Waals surface area contributed by atoms with Crippen molar-refractivity contribution < 1.29 is 9.59 Å². The van der Waals surface area contributed by atoms with Gasteiger partial charge in [-0.2, -0.15) is 0 Å². The second-order valence-corrected chi connectivity index (χ2v) is 5.62. The highest BCUT2D eigenvalue weighted by Gasteiger charge is 2.63. The molecule has 0 aromatic rings. The van der Waals surface area contributed by atoms with E-state index < -0.39 is 4.33 Å². The third kappa shape index (κ3) is 1.19. The molecule has 0 aromatic heterocycles. The Hall–Kier alpha value is 0.01000. The van der Waals surface area contributed by atoms with Crippen LogP contribution in [0.2, 0.25) is 0 Å². The van der Waals surface area contributed by atoms with Crippen LogP contribution in [0, 0.1) is 11.8 Å². The van der Waals surface area contributed by atoms with Crippen LogP contribution in [0.3, 0.4) is 0 Å². The van der Waals surface area contributed by atoms with Gasteiger partial charge in [-0.3, -0.25) is 9.59 Å². The first-order chi connectivity index (χ1) is 6.50. The lowest BCUT2D eigenvalue weighted by molar-refractivity contribution is -0.133. The van der Waals surface area contributed by atoms with Crippen molar-refractivity contribution in [3.05, 3.63) is 11.6 Å². The summed E-state index contributed by atoms with van der Waals surface area (Å²) in [6.07, 6.45) is 4.12. The topological polar surface area (TPSA) is 34.1 Å². The number of alkyl halides is 2. The molecule has 0 amide bonds. The molecule has 2 nitrogen and oxygen atoms in total. The van der Waals surface area contributed by atoms with Crippen LogP contribution in [0.25, 0.3) is 0 Å². The van der Waals surface area contributed by atoms with Crippen LogP contribution >= 0.6 is 35.0 Å². The summed E-state index contributed by atoms with van der Waals surface area (Å²) in [6.45, 7) is 0. The van der Waals surface area contributed by atoms with Crippen molar-refractivity contribution in [1.82, 2.24) is 0 Å². The maximum absolute atomic E-state index is 11.5. The number of hydrogen-bond donors (Lipinski definition) is 0. The highest BCUT2D eigenvalue weighted by atomic mass is 35.5. The summed E-state index contributed by atoms with van der Waals surface area (Å²) in [5, 5.41) is -0.0466. The monoisotopic (exact) mass is 250 g/mol. The van der Waals surface area contributed by atoms with Crippen LogP contribution < -0.4 is 0 Å². The standard InChI is InChI=1S/C9H8Cl2O2S/c1-14-8(13)4-2-3-5-6(4)7(12)9(5,10)11/h2,5-6H,3H2,1H3/t5-,6+/m1/s1. The lowest BCUT2D eigenvalue weighted by atomic mass is 9.71. The van der Waals surface area contributed by atoms with Crippen LogP contribution in [-0.4, -0.2) is 21.5 Å². The van der Waals surface area contributed by atoms with E-state index in [-0.39, 0.29) is 22.7 Å². The van der Waals surface area contributed by atoms with E-state index in [9.17, 15) is 9.59 Å². The molecule has 0 N–H and O–H groups in total. The zero-order chi connectivity index (χ0) is 10.5. The molecule has 5 heteroatoms. The minimum atomic E-state index is -1.26. The molecule has 0 bridgehead atoms. The van der Waals surface area contributed by atoms with Crippen molar-refractivity contribution in [2.24, 2.45) is 11.8 Å². The van der Waals surface area contributed by atoms with Gasteiger partial charge in [0.25, 0.3) is 0 Å². The van der Waals surface area contributed by atoms with E-state index in [1.54, 1.807) is 12.3 Å². The summed E-state index contributed by atoms with van der Waals surface area (Å²) in [6, 6.07) is 0. The summed E-state index contributed by atoms with van der Waals surface area (Å²) < 4.78 is -1.26. The van der Waals surface area contributed by atoms with Gasteiger partial charge in [0.05, 0.1) is 5.92 Å². The first-order valence-corrected chi connectivity index (χ1v) is 6.18. The van der Waals surface area contributed by atoms with Gasteiger partial charge in [0.1, 0.15) is 0 Å². The van der Waals surface area contributed by atoms with E-state index >= 15 is 0 Å². The molecule has 0 saturated heterocycles. The summed E-state index contributed by atoms with van der Waals surface area (Å²) in [7, 11) is 0. The molecule has 2 aliphatic carbocycles. The van der Waals surface area contributed by atoms with Crippen molar-refractivity contribution in [1.29, 1.82) is 0 Å². The van der Waals surface area contributed by atoms with E-state index in [4.69, 9.17) is 23.2 Å². The average molecular weight is 251 g/mol. The van der Waals surface area contributed by atoms with Crippen LogP contribution in [0.15, 0.2) is 11.6 Å². The lowest BCUT2D eigenvalue weighted by Crippen LogP contribution is -2.55. The number of Topliss-reactive ketones (excluding diaryl/α,β-unsaturated/α-hetero) is 1. The highest BCUT2D eigenvalue weighted by Crippen LogP contribution is 2.57. The van der Waals surface area contributed by atoms with Crippen LogP contribution in [0.1, 0.15) is 6.42 Å². The number of thioether (sulfide) groups is 1. The summed E-state index contributed by atoms with van der Waals surface area (Å²) in [5.74, 6) is -0.661. The Morgan fingerprint density at radius 1 is 1.64 bits per heavy atom. The Bertz CT molecular complexity index is 349. The third-order valence-electron chi connectivity index (χ3n) is 2.83. The minimum Gasteiger partial charge on any atom is -0.296 e. The second kappa shape index (κ2) is 3.26. The maximum Gasteiger partial charge on any atom is 0.215 e. The number of carbonyl (C=O) groups is 2. The maximum atomic E-state index is 11.5. The van der Waals surface area contributed by atoms with Gasteiger partial charge in [-0.15, -0.1) is 0 Å². The molecule has 0 aromatic carbocycles. The smallest absolute Gasteiger partial charge is 0.215 e. The normalized spacial score (nSPS) is 33.4. The van der Waals surface area contributed by atoms with E-state index in [0.29, 0.717) is 12.0 Å². The van der Waals surface area contributed by atoms with E-state index in [2.05, 4.69) is 0 Å². The predicted octanol–water partition coefficient (Wildman–Crippen LogP) is 2.20. The molecule has 0 unspecified atom stereocenters. The summed E-state index contributed by atoms with van der Waals surface area (Å²) in [5.41, 5.74) is 0.587. The third-order valence-corrected chi connectivity index (χ3v) is 4.37.